The van der Waals surface area contributed by atoms with Gasteiger partial charge in [0, 0.05) is 0 Å². The van der Waals surface area contributed by atoms with E-state index < -0.39 is 19.5 Å². The molecule has 2 unspecified atom stereocenters. The SMILES string of the molecule is CC(C)(C)OCC(COP(=O)(O)OCC[N+](C)(C)C)OC(C)(C)C. The van der Waals surface area contributed by atoms with Crippen LogP contribution in [0.5, 0.6) is 0 Å². The zero-order valence-corrected chi connectivity index (χ0v) is 17.7. The molecule has 0 aromatic rings. The predicted molar refractivity (Wildman–Crippen MR) is 95.0 cm³/mol. The lowest BCUT2D eigenvalue weighted by Crippen LogP contribution is -2.37. The van der Waals surface area contributed by atoms with Crippen molar-refractivity contribution in [2.45, 2.75) is 58.8 Å². The molecule has 8 heteroatoms. The maximum atomic E-state index is 12.0. The van der Waals surface area contributed by atoms with Gasteiger partial charge in [-0.2, -0.15) is 0 Å². The highest BCUT2D eigenvalue weighted by Crippen LogP contribution is 2.43. The van der Waals surface area contributed by atoms with Crippen LogP contribution in [0.2, 0.25) is 0 Å². The summed E-state index contributed by atoms with van der Waals surface area (Å²) in [6.45, 7) is 12.5. The Hall–Kier alpha value is -0.0100. The van der Waals surface area contributed by atoms with Crippen molar-refractivity contribution in [3.8, 4) is 0 Å². The van der Waals surface area contributed by atoms with Crippen LogP contribution in [0.3, 0.4) is 0 Å². The summed E-state index contributed by atoms with van der Waals surface area (Å²) >= 11 is 0. The molecule has 0 aromatic heterocycles. The molecule has 146 valence electrons. The molecule has 0 aliphatic heterocycles. The third-order valence-corrected chi connectivity index (χ3v) is 3.65. The molecule has 7 nitrogen and oxygen atoms in total. The molecule has 0 bridgehead atoms. The van der Waals surface area contributed by atoms with E-state index >= 15 is 0 Å². The fraction of sp³-hybridized carbons (Fsp3) is 1.00. The molecule has 24 heavy (non-hydrogen) atoms. The Labute approximate surface area is 147 Å². The van der Waals surface area contributed by atoms with Crippen molar-refractivity contribution in [3.63, 3.8) is 0 Å². The molecule has 0 aliphatic carbocycles. The summed E-state index contributed by atoms with van der Waals surface area (Å²) in [5, 5.41) is 0. The topological polar surface area (TPSA) is 74.2 Å². The van der Waals surface area contributed by atoms with Crippen molar-refractivity contribution >= 4 is 7.82 Å². The van der Waals surface area contributed by atoms with E-state index in [2.05, 4.69) is 0 Å². The minimum atomic E-state index is -4.11. The van der Waals surface area contributed by atoms with Crippen LogP contribution in [0.15, 0.2) is 0 Å². The molecule has 0 aliphatic rings. The van der Waals surface area contributed by atoms with E-state index in [9.17, 15) is 9.46 Å². The van der Waals surface area contributed by atoms with Crippen LogP contribution in [0.4, 0.5) is 0 Å². The lowest BCUT2D eigenvalue weighted by Gasteiger charge is -2.30. The molecule has 0 saturated heterocycles. The first kappa shape index (κ1) is 24.0. The molecular formula is C16H37NO6P+. The van der Waals surface area contributed by atoms with E-state index in [0.717, 1.165) is 0 Å². The van der Waals surface area contributed by atoms with Crippen LogP contribution in [-0.2, 0) is 23.1 Å². The second-order valence-corrected chi connectivity index (χ2v) is 10.3. The van der Waals surface area contributed by atoms with E-state index in [0.29, 0.717) is 11.0 Å². The highest BCUT2D eigenvalue weighted by molar-refractivity contribution is 7.47. The Morgan fingerprint density at radius 3 is 1.92 bits per heavy atom. The lowest BCUT2D eigenvalue weighted by molar-refractivity contribution is -0.870. The zero-order chi connectivity index (χ0) is 19.2. The number of nitrogens with zero attached hydrogens (tertiary/aromatic N) is 1. The molecule has 0 heterocycles. The van der Waals surface area contributed by atoms with Gasteiger partial charge < -0.3 is 18.9 Å². The number of quaternary nitrogens is 1. The first-order valence-electron chi connectivity index (χ1n) is 8.23. The second kappa shape index (κ2) is 9.08. The van der Waals surface area contributed by atoms with Gasteiger partial charge in [-0.15, -0.1) is 0 Å². The smallest absolute Gasteiger partial charge is 0.373 e. The van der Waals surface area contributed by atoms with E-state index in [4.69, 9.17) is 18.5 Å². The largest absolute Gasteiger partial charge is 0.472 e. The molecule has 0 rings (SSSR count). The predicted octanol–water partition coefficient (Wildman–Crippen LogP) is 2.83. The molecule has 0 radical (unpaired) electrons. The minimum absolute atomic E-state index is 0.0779. The number of hydrogen-bond donors (Lipinski definition) is 1. The number of phosphoric acid groups is 1. The zero-order valence-electron chi connectivity index (χ0n) is 16.8. The van der Waals surface area contributed by atoms with Crippen LogP contribution in [0.1, 0.15) is 41.5 Å². The van der Waals surface area contributed by atoms with Crippen molar-refractivity contribution in [2.24, 2.45) is 0 Å². The van der Waals surface area contributed by atoms with Gasteiger partial charge in [-0.25, -0.2) is 4.57 Å². The summed E-state index contributed by atoms with van der Waals surface area (Å²) in [6.07, 6.45) is -0.466. The summed E-state index contributed by atoms with van der Waals surface area (Å²) in [5.74, 6) is 0. The van der Waals surface area contributed by atoms with Gasteiger partial charge in [-0.05, 0) is 41.5 Å². The minimum Gasteiger partial charge on any atom is -0.373 e. The maximum absolute atomic E-state index is 12.0. The Balaban J connectivity index is 4.53. The van der Waals surface area contributed by atoms with Crippen molar-refractivity contribution in [2.75, 3.05) is 47.5 Å². The average molecular weight is 370 g/mol. The second-order valence-electron chi connectivity index (χ2n) is 8.89. The van der Waals surface area contributed by atoms with Crippen LogP contribution in [0.25, 0.3) is 0 Å². The quantitative estimate of drug-likeness (QED) is 0.471. The normalized spacial score (nSPS) is 17.6. The molecule has 0 spiro atoms. The highest BCUT2D eigenvalue weighted by Gasteiger charge is 2.28. The van der Waals surface area contributed by atoms with Crippen LogP contribution in [0, 0.1) is 0 Å². The first-order chi connectivity index (χ1) is 10.5. The van der Waals surface area contributed by atoms with Crippen molar-refractivity contribution in [3.05, 3.63) is 0 Å². The summed E-state index contributed by atoms with van der Waals surface area (Å²) in [6, 6.07) is 0. The van der Waals surface area contributed by atoms with Crippen LogP contribution >= 0.6 is 7.82 Å². The van der Waals surface area contributed by atoms with Crippen molar-refractivity contribution < 1.29 is 32.5 Å². The standard InChI is InChI=1S/C16H36NO6P/c1-15(2,3)20-12-14(23-16(4,5)6)13-22-24(18,19)21-11-10-17(7,8)9/h14H,10-13H2,1-9H3/p+1. The Morgan fingerprint density at radius 2 is 1.50 bits per heavy atom. The highest BCUT2D eigenvalue weighted by atomic mass is 31.2. The summed E-state index contributed by atoms with van der Waals surface area (Å²) in [4.78, 5) is 9.79. The van der Waals surface area contributed by atoms with Gasteiger partial charge in [-0.3, -0.25) is 9.05 Å². The van der Waals surface area contributed by atoms with Gasteiger partial charge in [0.25, 0.3) is 0 Å². The lowest BCUT2D eigenvalue weighted by atomic mass is 10.1. The molecule has 1 N–H and O–H groups in total. The molecule has 2 atom stereocenters. The Morgan fingerprint density at radius 1 is 0.958 bits per heavy atom. The maximum Gasteiger partial charge on any atom is 0.472 e. The van der Waals surface area contributed by atoms with E-state index in [1.165, 1.54) is 0 Å². The van der Waals surface area contributed by atoms with Crippen LogP contribution < -0.4 is 0 Å². The number of phosphoric ester groups is 1. The van der Waals surface area contributed by atoms with E-state index in [1.54, 1.807) is 0 Å². The molecule has 0 fully saturated rings. The van der Waals surface area contributed by atoms with E-state index in [1.807, 2.05) is 62.7 Å². The average Bonchev–Trinajstić information content (AvgIpc) is 2.28. The Kier molecular flexibility index (Phi) is 9.08. The fourth-order valence-corrected chi connectivity index (χ4v) is 2.35. The third kappa shape index (κ3) is 15.5. The van der Waals surface area contributed by atoms with Gasteiger partial charge in [-0.1, -0.05) is 0 Å². The summed E-state index contributed by atoms with van der Waals surface area (Å²) < 4.78 is 34.3. The van der Waals surface area contributed by atoms with Crippen molar-refractivity contribution in [1.29, 1.82) is 0 Å². The fourth-order valence-electron chi connectivity index (χ4n) is 1.60. The Bertz CT molecular complexity index is 408. The molecule has 0 aromatic carbocycles. The number of hydrogen-bond acceptors (Lipinski definition) is 5. The van der Waals surface area contributed by atoms with Gasteiger partial charge >= 0.3 is 7.82 Å². The summed E-state index contributed by atoms with van der Waals surface area (Å²) in [7, 11) is 1.82. The number of ether oxygens (including phenoxy) is 2. The first-order valence-corrected chi connectivity index (χ1v) is 9.73. The molecule has 0 saturated carbocycles. The van der Waals surface area contributed by atoms with E-state index in [-0.39, 0.29) is 25.4 Å². The number of rotatable bonds is 10. The van der Waals surface area contributed by atoms with Gasteiger partial charge in [0.05, 0.1) is 45.6 Å². The number of likely N-dealkylation sites (N-methyl/N-ethyl adjacent to an activating group) is 1. The summed E-state index contributed by atoms with van der Waals surface area (Å²) in [5.41, 5.74) is -0.747. The van der Waals surface area contributed by atoms with Gasteiger partial charge in [0.15, 0.2) is 0 Å². The van der Waals surface area contributed by atoms with Crippen molar-refractivity contribution in [1.82, 2.24) is 0 Å². The molecular weight excluding hydrogens is 333 g/mol. The van der Waals surface area contributed by atoms with Gasteiger partial charge in [0.1, 0.15) is 19.3 Å². The molecule has 0 amide bonds. The van der Waals surface area contributed by atoms with Gasteiger partial charge in [0.2, 0.25) is 0 Å². The van der Waals surface area contributed by atoms with Crippen LogP contribution in [-0.4, -0.2) is 74.2 Å². The monoisotopic (exact) mass is 370 g/mol. The third-order valence-electron chi connectivity index (χ3n) is 2.66.